The van der Waals surface area contributed by atoms with Crippen LogP contribution in [0.1, 0.15) is 12.5 Å². The van der Waals surface area contributed by atoms with E-state index in [1.54, 1.807) is 11.3 Å². The summed E-state index contributed by atoms with van der Waals surface area (Å²) < 4.78 is 1.19. The zero-order valence-electron chi connectivity index (χ0n) is 15.7. The van der Waals surface area contributed by atoms with E-state index in [9.17, 15) is 9.59 Å². The Bertz CT molecular complexity index is 958. The first kappa shape index (κ1) is 18.4. The first-order chi connectivity index (χ1) is 13.6. The lowest BCUT2D eigenvalue weighted by molar-refractivity contribution is -0.130. The Morgan fingerprint density at radius 3 is 2.43 bits per heavy atom. The summed E-state index contributed by atoms with van der Waals surface area (Å²) in [5.41, 5.74) is 2.73. The number of carbonyl (C=O) groups excluding carboxylic acids is 2. The van der Waals surface area contributed by atoms with Gasteiger partial charge in [-0.3, -0.25) is 9.59 Å². The van der Waals surface area contributed by atoms with E-state index in [-0.39, 0.29) is 11.8 Å². The molecular formula is C21H22N4O2S. The number of nitrogens with zero attached hydrogens (tertiary/aromatic N) is 3. The van der Waals surface area contributed by atoms with Crippen molar-refractivity contribution in [1.29, 1.82) is 0 Å². The van der Waals surface area contributed by atoms with Crippen molar-refractivity contribution in [3.8, 4) is 0 Å². The molecule has 6 nitrogen and oxygen atoms in total. The lowest BCUT2D eigenvalue weighted by atomic mass is 10.1. The molecule has 144 valence electrons. The number of thiazole rings is 1. The molecule has 0 unspecified atom stereocenters. The minimum Gasteiger partial charge on any atom is -0.345 e. The molecule has 1 aliphatic rings. The Labute approximate surface area is 167 Å². The summed E-state index contributed by atoms with van der Waals surface area (Å²) in [6.45, 7) is 4.49. The number of aromatic nitrogens is 1. The number of anilines is 2. The monoisotopic (exact) mass is 394 g/mol. The van der Waals surface area contributed by atoms with Crippen LogP contribution in [0.25, 0.3) is 10.2 Å². The second-order valence-electron chi connectivity index (χ2n) is 6.89. The summed E-state index contributed by atoms with van der Waals surface area (Å²) in [5.74, 6) is 0.0334. The molecule has 2 aromatic carbocycles. The zero-order chi connectivity index (χ0) is 19.5. The Hall–Kier alpha value is -2.93. The topological polar surface area (TPSA) is 65.5 Å². The summed E-state index contributed by atoms with van der Waals surface area (Å²) in [5, 5.41) is 3.76. The van der Waals surface area contributed by atoms with E-state index in [1.165, 1.54) is 11.6 Å². The quantitative estimate of drug-likeness (QED) is 0.738. The second kappa shape index (κ2) is 7.98. The third-order valence-corrected chi connectivity index (χ3v) is 5.91. The lowest BCUT2D eigenvalue weighted by Gasteiger charge is -2.34. The van der Waals surface area contributed by atoms with Gasteiger partial charge in [-0.15, -0.1) is 0 Å². The molecule has 0 radical (unpaired) electrons. The van der Waals surface area contributed by atoms with E-state index < -0.39 is 0 Å². The fraction of sp³-hybridized carbons (Fsp3) is 0.286. The molecule has 1 aliphatic heterocycles. The van der Waals surface area contributed by atoms with Gasteiger partial charge in [-0.1, -0.05) is 35.6 Å². The fourth-order valence-electron chi connectivity index (χ4n) is 3.34. The fourth-order valence-corrected chi connectivity index (χ4v) is 4.36. The number of rotatable bonds is 4. The summed E-state index contributed by atoms with van der Waals surface area (Å²) in [6.07, 6.45) is 0.376. The minimum atomic E-state index is -0.102. The zero-order valence-corrected chi connectivity index (χ0v) is 16.5. The van der Waals surface area contributed by atoms with Crippen molar-refractivity contribution in [3.63, 3.8) is 0 Å². The van der Waals surface area contributed by atoms with Gasteiger partial charge in [0.1, 0.15) is 0 Å². The largest absolute Gasteiger partial charge is 0.345 e. The van der Waals surface area contributed by atoms with Crippen molar-refractivity contribution in [1.82, 2.24) is 9.88 Å². The minimum absolute atomic E-state index is 0.102. The van der Waals surface area contributed by atoms with Crippen molar-refractivity contribution in [2.45, 2.75) is 13.3 Å². The Morgan fingerprint density at radius 1 is 1.04 bits per heavy atom. The smallest absolute Gasteiger partial charge is 0.227 e. The Balaban J connectivity index is 1.33. The van der Waals surface area contributed by atoms with E-state index in [0.717, 1.165) is 35.0 Å². The number of nitrogens with one attached hydrogen (secondary N) is 1. The molecule has 28 heavy (non-hydrogen) atoms. The molecule has 1 saturated heterocycles. The van der Waals surface area contributed by atoms with Crippen molar-refractivity contribution >= 4 is 44.2 Å². The second-order valence-corrected chi connectivity index (χ2v) is 7.90. The van der Waals surface area contributed by atoms with Gasteiger partial charge < -0.3 is 15.1 Å². The van der Waals surface area contributed by atoms with E-state index >= 15 is 0 Å². The number of para-hydroxylation sites is 1. The Morgan fingerprint density at radius 2 is 1.75 bits per heavy atom. The third-order valence-electron chi connectivity index (χ3n) is 4.82. The van der Waals surface area contributed by atoms with Crippen molar-refractivity contribution < 1.29 is 9.59 Å². The summed E-state index contributed by atoms with van der Waals surface area (Å²) >= 11 is 1.70. The highest BCUT2D eigenvalue weighted by atomic mass is 32.1. The molecule has 0 bridgehead atoms. The van der Waals surface area contributed by atoms with Crippen LogP contribution in [0.4, 0.5) is 10.8 Å². The molecule has 0 aliphatic carbocycles. The molecule has 1 aromatic heterocycles. The van der Waals surface area contributed by atoms with Gasteiger partial charge in [0.05, 0.1) is 16.6 Å². The van der Waals surface area contributed by atoms with E-state index in [0.29, 0.717) is 19.5 Å². The number of fused-ring (bicyclic) bond motifs is 1. The van der Waals surface area contributed by atoms with Crippen molar-refractivity contribution in [2.75, 3.05) is 36.4 Å². The lowest BCUT2D eigenvalue weighted by Crippen LogP contribution is -2.49. The van der Waals surface area contributed by atoms with Crippen LogP contribution in [-0.2, 0) is 16.0 Å². The highest BCUT2D eigenvalue weighted by Gasteiger charge is 2.23. The third kappa shape index (κ3) is 4.14. The van der Waals surface area contributed by atoms with Crippen LogP contribution >= 0.6 is 11.3 Å². The highest BCUT2D eigenvalue weighted by molar-refractivity contribution is 7.22. The van der Waals surface area contributed by atoms with Crippen molar-refractivity contribution in [3.05, 3.63) is 54.1 Å². The van der Waals surface area contributed by atoms with E-state index in [1.807, 2.05) is 47.4 Å². The first-order valence-corrected chi connectivity index (χ1v) is 10.1. The van der Waals surface area contributed by atoms with Crippen LogP contribution in [0.3, 0.4) is 0 Å². The van der Waals surface area contributed by atoms with Gasteiger partial charge in [-0.05, 0) is 29.8 Å². The molecule has 0 saturated carbocycles. The highest BCUT2D eigenvalue weighted by Crippen LogP contribution is 2.29. The van der Waals surface area contributed by atoms with Gasteiger partial charge in [0.2, 0.25) is 11.8 Å². The Kier molecular flexibility index (Phi) is 5.25. The van der Waals surface area contributed by atoms with Crippen LogP contribution in [0.2, 0.25) is 0 Å². The van der Waals surface area contributed by atoms with Gasteiger partial charge in [-0.2, -0.15) is 0 Å². The van der Waals surface area contributed by atoms with Crippen LogP contribution in [0.5, 0.6) is 0 Å². The standard InChI is InChI=1S/C21H22N4O2S/c1-15(26)22-17-8-6-16(7-9-17)14-20(27)24-10-12-25(13-11-24)21-23-18-4-2-3-5-19(18)28-21/h2-9H,10-14H2,1H3,(H,22,26). The van der Waals surface area contributed by atoms with Crippen LogP contribution in [0.15, 0.2) is 48.5 Å². The number of hydrogen-bond donors (Lipinski definition) is 1. The van der Waals surface area contributed by atoms with E-state index in [4.69, 9.17) is 4.98 Å². The molecule has 3 aromatic rings. The van der Waals surface area contributed by atoms with E-state index in [2.05, 4.69) is 16.3 Å². The van der Waals surface area contributed by atoms with Crippen LogP contribution < -0.4 is 10.2 Å². The average molecular weight is 395 g/mol. The molecule has 4 rings (SSSR count). The van der Waals surface area contributed by atoms with Gasteiger partial charge in [-0.25, -0.2) is 4.98 Å². The van der Waals surface area contributed by atoms with Gasteiger partial charge in [0.15, 0.2) is 5.13 Å². The summed E-state index contributed by atoms with van der Waals surface area (Å²) in [7, 11) is 0. The molecule has 2 heterocycles. The summed E-state index contributed by atoms with van der Waals surface area (Å²) in [6, 6.07) is 15.6. The average Bonchev–Trinajstić information content (AvgIpc) is 3.13. The molecule has 1 fully saturated rings. The number of benzene rings is 2. The maximum atomic E-state index is 12.6. The van der Waals surface area contributed by atoms with Gasteiger partial charge >= 0.3 is 0 Å². The number of piperazine rings is 1. The molecule has 0 atom stereocenters. The molecular weight excluding hydrogens is 372 g/mol. The molecule has 0 spiro atoms. The predicted octanol–water partition coefficient (Wildman–Crippen LogP) is 3.15. The molecule has 2 amide bonds. The summed E-state index contributed by atoms with van der Waals surface area (Å²) in [4.78, 5) is 32.6. The van der Waals surface area contributed by atoms with Crippen LogP contribution in [-0.4, -0.2) is 47.9 Å². The normalized spacial score (nSPS) is 14.3. The van der Waals surface area contributed by atoms with Gasteiger partial charge in [0.25, 0.3) is 0 Å². The number of carbonyl (C=O) groups is 2. The van der Waals surface area contributed by atoms with Crippen molar-refractivity contribution in [2.24, 2.45) is 0 Å². The maximum Gasteiger partial charge on any atom is 0.227 e. The SMILES string of the molecule is CC(=O)Nc1ccc(CC(=O)N2CCN(c3nc4ccccc4s3)CC2)cc1. The number of amides is 2. The molecule has 1 N–H and O–H groups in total. The molecule has 7 heteroatoms. The van der Waals surface area contributed by atoms with Crippen LogP contribution in [0, 0.1) is 0 Å². The number of hydrogen-bond acceptors (Lipinski definition) is 5. The first-order valence-electron chi connectivity index (χ1n) is 9.33. The predicted molar refractivity (Wildman–Crippen MR) is 113 cm³/mol. The maximum absolute atomic E-state index is 12.6. The van der Waals surface area contributed by atoms with Gasteiger partial charge in [0, 0.05) is 38.8 Å².